The van der Waals surface area contributed by atoms with Gasteiger partial charge < -0.3 is 11.5 Å². The van der Waals surface area contributed by atoms with E-state index in [0.29, 0.717) is 4.48 Å². The number of hydrogen-bond donors (Lipinski definition) is 2. The molecule has 0 aromatic carbocycles. The van der Waals surface area contributed by atoms with Crippen molar-refractivity contribution in [3.8, 4) is 0 Å². The van der Waals surface area contributed by atoms with Crippen LogP contribution in [0.25, 0.3) is 0 Å². The first-order valence-corrected chi connectivity index (χ1v) is 3.55. The summed E-state index contributed by atoms with van der Waals surface area (Å²) in [5.74, 6) is -0.613. The van der Waals surface area contributed by atoms with E-state index in [1.165, 1.54) is 6.08 Å². The quantitative estimate of drug-likeness (QED) is 0.541. The number of allylic oxidation sites excluding steroid dienone is 2. The molecule has 0 atom stereocenters. The molecule has 0 saturated heterocycles. The van der Waals surface area contributed by atoms with E-state index in [0.717, 1.165) is 0 Å². The molecule has 0 spiro atoms. The molecule has 0 saturated carbocycles. The summed E-state index contributed by atoms with van der Waals surface area (Å²) >= 11 is 3.04. The summed E-state index contributed by atoms with van der Waals surface area (Å²) in [5.41, 5.74) is 10.5. The fourth-order valence-electron chi connectivity index (χ4n) is 0.479. The molecule has 0 heterocycles. The highest BCUT2D eigenvalue weighted by atomic mass is 79.9. The van der Waals surface area contributed by atoms with Crippen molar-refractivity contribution < 1.29 is 4.79 Å². The Labute approximate surface area is 73.6 Å². The van der Waals surface area contributed by atoms with Crippen LogP contribution < -0.4 is 11.5 Å². The Morgan fingerprint density at radius 3 is 1.91 bits per heavy atom. The topological polar surface area (TPSA) is 69.1 Å². The summed E-state index contributed by atoms with van der Waals surface area (Å²) in [5, 5.41) is 0. The highest BCUT2D eigenvalue weighted by Gasteiger charge is 2.05. The van der Waals surface area contributed by atoms with E-state index in [9.17, 15) is 4.79 Å². The zero-order chi connectivity index (χ0) is 9.02. The Balaban J connectivity index is 4.75. The van der Waals surface area contributed by atoms with Gasteiger partial charge in [-0.25, -0.2) is 0 Å². The van der Waals surface area contributed by atoms with Crippen molar-refractivity contribution in [1.29, 1.82) is 0 Å². The summed E-state index contributed by atoms with van der Waals surface area (Å²) in [6.45, 7) is 6.87. The normalized spacial score (nSPS) is 10.8. The number of carbonyl (C=O) groups excluding carboxylic acids is 1. The molecular weight excluding hydrogens is 208 g/mol. The van der Waals surface area contributed by atoms with Crippen molar-refractivity contribution in [3.05, 3.63) is 35.0 Å². The van der Waals surface area contributed by atoms with Gasteiger partial charge in [-0.15, -0.1) is 0 Å². The van der Waals surface area contributed by atoms with Crippen LogP contribution in [0.15, 0.2) is 35.0 Å². The maximum atomic E-state index is 10.6. The van der Waals surface area contributed by atoms with Crippen LogP contribution >= 0.6 is 15.9 Å². The fourth-order valence-corrected chi connectivity index (χ4v) is 0.708. The molecule has 4 N–H and O–H groups in total. The Bertz CT molecular complexity index is 227. The molecule has 11 heavy (non-hydrogen) atoms. The third-order valence-electron chi connectivity index (χ3n) is 0.912. The van der Waals surface area contributed by atoms with Gasteiger partial charge in [-0.2, -0.15) is 0 Å². The predicted molar refractivity (Wildman–Crippen MR) is 48.7 cm³/mol. The van der Waals surface area contributed by atoms with Crippen molar-refractivity contribution in [2.75, 3.05) is 0 Å². The second-order valence-corrected chi connectivity index (χ2v) is 2.91. The largest absolute Gasteiger partial charge is 0.399 e. The van der Waals surface area contributed by atoms with Gasteiger partial charge in [-0.05, 0) is 6.08 Å². The number of halogens is 1. The Morgan fingerprint density at radius 2 is 1.82 bits per heavy atom. The standard InChI is InChI=1S/C7H9BrN2O/c1-4(8)3-6(5(2)9)7(10)11/h3H,1-2,9H2,(H2,10,11)/b6-3+. The Morgan fingerprint density at radius 1 is 1.36 bits per heavy atom. The summed E-state index contributed by atoms with van der Waals surface area (Å²) in [7, 11) is 0. The Hall–Kier alpha value is -1.03. The number of nitrogens with two attached hydrogens (primary N) is 2. The maximum absolute atomic E-state index is 10.6. The summed E-state index contributed by atoms with van der Waals surface area (Å²) in [4.78, 5) is 10.6. The van der Waals surface area contributed by atoms with E-state index in [4.69, 9.17) is 11.5 Å². The smallest absolute Gasteiger partial charge is 0.250 e. The lowest BCUT2D eigenvalue weighted by molar-refractivity contribution is -0.114. The summed E-state index contributed by atoms with van der Waals surface area (Å²) in [6.07, 6.45) is 1.42. The van der Waals surface area contributed by atoms with Crippen LogP contribution in [0.1, 0.15) is 0 Å². The molecule has 0 aliphatic carbocycles. The van der Waals surface area contributed by atoms with Gasteiger partial charge in [-0.1, -0.05) is 29.1 Å². The van der Waals surface area contributed by atoms with Crippen LogP contribution in [-0.2, 0) is 4.79 Å². The van der Waals surface area contributed by atoms with Gasteiger partial charge in [0, 0.05) is 10.2 Å². The average molecular weight is 217 g/mol. The molecule has 0 aromatic rings. The van der Waals surface area contributed by atoms with Crippen molar-refractivity contribution in [2.24, 2.45) is 11.5 Å². The van der Waals surface area contributed by atoms with Crippen LogP contribution in [0.2, 0.25) is 0 Å². The van der Waals surface area contributed by atoms with Gasteiger partial charge in [0.15, 0.2) is 0 Å². The second kappa shape index (κ2) is 3.98. The number of rotatable bonds is 3. The lowest BCUT2D eigenvalue weighted by Gasteiger charge is -1.99. The van der Waals surface area contributed by atoms with E-state index >= 15 is 0 Å². The van der Waals surface area contributed by atoms with Crippen molar-refractivity contribution in [2.45, 2.75) is 0 Å². The van der Waals surface area contributed by atoms with Gasteiger partial charge in [0.05, 0.1) is 5.57 Å². The molecule has 0 radical (unpaired) electrons. The third kappa shape index (κ3) is 3.62. The maximum Gasteiger partial charge on any atom is 0.250 e. The third-order valence-corrected chi connectivity index (χ3v) is 1.14. The van der Waals surface area contributed by atoms with Crippen LogP contribution in [0, 0.1) is 0 Å². The molecular formula is C7H9BrN2O. The molecule has 0 bridgehead atoms. The summed E-state index contributed by atoms with van der Waals surface area (Å²) in [6, 6.07) is 0. The molecule has 0 unspecified atom stereocenters. The van der Waals surface area contributed by atoms with Crippen molar-refractivity contribution in [1.82, 2.24) is 0 Å². The molecule has 0 rings (SSSR count). The SMILES string of the molecule is C=C(Br)/C=C(\C(=C)N)C(N)=O. The first kappa shape index (κ1) is 9.97. The van der Waals surface area contributed by atoms with Gasteiger partial charge in [0.2, 0.25) is 0 Å². The number of primary amides is 1. The predicted octanol–water partition coefficient (Wildman–Crippen LogP) is 0.779. The first-order valence-electron chi connectivity index (χ1n) is 2.75. The minimum atomic E-state index is -0.613. The number of hydrogen-bond acceptors (Lipinski definition) is 2. The van der Waals surface area contributed by atoms with Crippen molar-refractivity contribution in [3.63, 3.8) is 0 Å². The Kier molecular flexibility index (Phi) is 3.60. The van der Waals surface area contributed by atoms with E-state index in [-0.39, 0.29) is 11.3 Å². The van der Waals surface area contributed by atoms with Crippen LogP contribution in [-0.4, -0.2) is 5.91 Å². The zero-order valence-electron chi connectivity index (χ0n) is 5.93. The minimum absolute atomic E-state index is 0.137. The highest BCUT2D eigenvalue weighted by Crippen LogP contribution is 2.09. The lowest BCUT2D eigenvalue weighted by atomic mass is 10.2. The minimum Gasteiger partial charge on any atom is -0.399 e. The monoisotopic (exact) mass is 216 g/mol. The zero-order valence-corrected chi connectivity index (χ0v) is 7.52. The summed E-state index contributed by atoms with van der Waals surface area (Å²) < 4.78 is 0.526. The number of carbonyl (C=O) groups is 1. The van der Waals surface area contributed by atoms with Gasteiger partial charge in [0.25, 0.3) is 5.91 Å². The van der Waals surface area contributed by atoms with Crippen LogP contribution in [0.3, 0.4) is 0 Å². The van der Waals surface area contributed by atoms with Crippen molar-refractivity contribution >= 4 is 21.8 Å². The van der Waals surface area contributed by atoms with Gasteiger partial charge in [0.1, 0.15) is 0 Å². The fraction of sp³-hybridized carbons (Fsp3) is 0. The average Bonchev–Trinajstić information content (AvgIpc) is 1.81. The molecule has 1 amide bonds. The molecule has 3 nitrogen and oxygen atoms in total. The number of amides is 1. The molecule has 60 valence electrons. The second-order valence-electron chi connectivity index (χ2n) is 1.89. The van der Waals surface area contributed by atoms with Crippen LogP contribution in [0.5, 0.6) is 0 Å². The van der Waals surface area contributed by atoms with E-state index < -0.39 is 5.91 Å². The highest BCUT2D eigenvalue weighted by molar-refractivity contribution is 9.11. The van der Waals surface area contributed by atoms with Crippen LogP contribution in [0.4, 0.5) is 0 Å². The first-order chi connectivity index (χ1) is 4.95. The molecule has 0 aliphatic rings. The molecule has 4 heteroatoms. The molecule has 0 fully saturated rings. The van der Waals surface area contributed by atoms with E-state index in [2.05, 4.69) is 29.1 Å². The molecule has 0 aliphatic heterocycles. The van der Waals surface area contributed by atoms with Gasteiger partial charge in [-0.3, -0.25) is 4.79 Å². The van der Waals surface area contributed by atoms with E-state index in [1.54, 1.807) is 0 Å². The lowest BCUT2D eigenvalue weighted by Crippen LogP contribution is -2.18. The van der Waals surface area contributed by atoms with Gasteiger partial charge >= 0.3 is 0 Å². The van der Waals surface area contributed by atoms with E-state index in [1.807, 2.05) is 0 Å². The molecule has 0 aromatic heterocycles.